The van der Waals surface area contributed by atoms with E-state index in [1.165, 1.54) is 0 Å². The van der Waals surface area contributed by atoms with Crippen molar-refractivity contribution >= 4 is 18.1 Å². The Balaban J connectivity index is 1.92. The van der Waals surface area contributed by atoms with Gasteiger partial charge in [0.05, 0.1) is 24.7 Å². The number of hydrogen-bond acceptors (Lipinski definition) is 6. The Morgan fingerprint density at radius 2 is 2.12 bits per heavy atom. The van der Waals surface area contributed by atoms with E-state index in [-0.39, 0.29) is 12.5 Å². The molecule has 0 aromatic carbocycles. The Hall–Kier alpha value is -3.29. The smallest absolute Gasteiger partial charge is 0.327 e. The SMILES string of the molecule is CCOC(=O)Cn1cc(/C=C/c2cnccn2)c(-c2cnn(C)c2)n1. The lowest BCUT2D eigenvalue weighted by Crippen LogP contribution is -2.13. The van der Waals surface area contributed by atoms with Gasteiger partial charge in [-0.05, 0) is 19.1 Å². The van der Waals surface area contributed by atoms with Gasteiger partial charge in [-0.1, -0.05) is 0 Å². The monoisotopic (exact) mass is 338 g/mol. The van der Waals surface area contributed by atoms with Crippen molar-refractivity contribution in [2.75, 3.05) is 6.61 Å². The molecule has 0 unspecified atom stereocenters. The molecule has 8 heteroatoms. The van der Waals surface area contributed by atoms with Gasteiger partial charge in [-0.2, -0.15) is 10.2 Å². The zero-order valence-electron chi connectivity index (χ0n) is 14.0. The van der Waals surface area contributed by atoms with Crippen LogP contribution in [-0.4, -0.2) is 42.1 Å². The summed E-state index contributed by atoms with van der Waals surface area (Å²) in [5.74, 6) is -0.327. The average Bonchev–Trinajstić information content (AvgIpc) is 3.20. The third-order valence-corrected chi connectivity index (χ3v) is 3.38. The van der Waals surface area contributed by atoms with Crippen molar-refractivity contribution in [3.8, 4) is 11.3 Å². The van der Waals surface area contributed by atoms with Crippen molar-refractivity contribution in [2.45, 2.75) is 13.5 Å². The van der Waals surface area contributed by atoms with Gasteiger partial charge in [-0.3, -0.25) is 24.1 Å². The first kappa shape index (κ1) is 16.6. The summed E-state index contributed by atoms with van der Waals surface area (Å²) >= 11 is 0. The zero-order chi connectivity index (χ0) is 17.6. The number of hydrogen-bond donors (Lipinski definition) is 0. The first-order chi connectivity index (χ1) is 12.2. The molecule has 0 fully saturated rings. The van der Waals surface area contributed by atoms with Crippen molar-refractivity contribution in [1.82, 2.24) is 29.5 Å². The fourth-order valence-electron chi connectivity index (χ4n) is 2.32. The summed E-state index contributed by atoms with van der Waals surface area (Å²) in [7, 11) is 1.84. The lowest BCUT2D eigenvalue weighted by molar-refractivity contribution is -0.144. The van der Waals surface area contributed by atoms with Gasteiger partial charge in [0.1, 0.15) is 12.2 Å². The lowest BCUT2D eigenvalue weighted by atomic mass is 10.1. The lowest BCUT2D eigenvalue weighted by Gasteiger charge is -2.00. The molecule has 3 aromatic rings. The van der Waals surface area contributed by atoms with Crippen LogP contribution in [0.15, 0.2) is 37.2 Å². The second kappa shape index (κ2) is 7.52. The van der Waals surface area contributed by atoms with Crippen molar-refractivity contribution in [2.24, 2.45) is 7.05 Å². The van der Waals surface area contributed by atoms with Crippen LogP contribution in [0.2, 0.25) is 0 Å². The summed E-state index contributed by atoms with van der Waals surface area (Å²) in [6, 6.07) is 0. The van der Waals surface area contributed by atoms with Gasteiger partial charge >= 0.3 is 5.97 Å². The van der Waals surface area contributed by atoms with E-state index < -0.39 is 0 Å². The van der Waals surface area contributed by atoms with E-state index in [4.69, 9.17) is 4.74 Å². The van der Waals surface area contributed by atoms with Crippen molar-refractivity contribution in [1.29, 1.82) is 0 Å². The number of aryl methyl sites for hydroxylation is 1. The number of nitrogens with zero attached hydrogens (tertiary/aromatic N) is 6. The Labute approximate surface area is 144 Å². The fourth-order valence-corrected chi connectivity index (χ4v) is 2.32. The molecule has 25 heavy (non-hydrogen) atoms. The maximum atomic E-state index is 11.7. The zero-order valence-corrected chi connectivity index (χ0v) is 14.0. The number of esters is 1. The first-order valence-electron chi connectivity index (χ1n) is 7.82. The molecule has 128 valence electrons. The number of carbonyl (C=O) groups is 1. The highest BCUT2D eigenvalue weighted by molar-refractivity contribution is 5.77. The minimum Gasteiger partial charge on any atom is -0.465 e. The molecule has 0 amide bonds. The van der Waals surface area contributed by atoms with E-state index in [1.807, 2.05) is 25.4 Å². The Bertz CT molecular complexity index is 882. The minimum atomic E-state index is -0.327. The molecule has 0 saturated carbocycles. The fraction of sp³-hybridized carbons (Fsp3) is 0.235. The molecule has 3 aromatic heterocycles. The van der Waals surface area contributed by atoms with Crippen molar-refractivity contribution in [3.63, 3.8) is 0 Å². The molecule has 0 atom stereocenters. The second-order valence-electron chi connectivity index (χ2n) is 5.30. The molecule has 0 radical (unpaired) electrons. The predicted molar refractivity (Wildman–Crippen MR) is 92.0 cm³/mol. The third-order valence-electron chi connectivity index (χ3n) is 3.38. The maximum absolute atomic E-state index is 11.7. The first-order valence-corrected chi connectivity index (χ1v) is 7.82. The summed E-state index contributed by atoms with van der Waals surface area (Å²) in [5, 5.41) is 8.68. The van der Waals surface area contributed by atoms with E-state index >= 15 is 0 Å². The maximum Gasteiger partial charge on any atom is 0.327 e. The van der Waals surface area contributed by atoms with E-state index in [0.717, 1.165) is 22.5 Å². The second-order valence-corrected chi connectivity index (χ2v) is 5.30. The van der Waals surface area contributed by atoms with Crippen LogP contribution in [-0.2, 0) is 23.1 Å². The summed E-state index contributed by atoms with van der Waals surface area (Å²) in [6.07, 6.45) is 14.1. The van der Waals surface area contributed by atoms with E-state index in [1.54, 1.807) is 47.3 Å². The number of aromatic nitrogens is 6. The summed E-state index contributed by atoms with van der Waals surface area (Å²) < 4.78 is 8.25. The highest BCUT2D eigenvalue weighted by Gasteiger charge is 2.13. The molecule has 0 spiro atoms. The summed E-state index contributed by atoms with van der Waals surface area (Å²) in [5.41, 5.74) is 3.18. The molecule has 0 aliphatic carbocycles. The van der Waals surface area contributed by atoms with Crippen LogP contribution in [0, 0.1) is 0 Å². The molecular formula is C17H18N6O2. The van der Waals surface area contributed by atoms with Gasteiger partial charge in [0, 0.05) is 43.0 Å². The van der Waals surface area contributed by atoms with Crippen LogP contribution in [0.5, 0.6) is 0 Å². The quantitative estimate of drug-likeness (QED) is 0.637. The molecular weight excluding hydrogens is 320 g/mol. The molecule has 0 N–H and O–H groups in total. The van der Waals surface area contributed by atoms with Gasteiger partial charge in [-0.15, -0.1) is 0 Å². The van der Waals surface area contributed by atoms with Crippen LogP contribution in [0.1, 0.15) is 18.2 Å². The molecule has 0 saturated heterocycles. The minimum absolute atomic E-state index is 0.0556. The summed E-state index contributed by atoms with van der Waals surface area (Å²) in [6.45, 7) is 2.17. The molecule has 8 nitrogen and oxygen atoms in total. The molecule has 3 heterocycles. The van der Waals surface area contributed by atoms with Gasteiger partial charge < -0.3 is 4.74 Å². The van der Waals surface area contributed by atoms with Gasteiger partial charge in [0.25, 0.3) is 0 Å². The highest BCUT2D eigenvalue weighted by atomic mass is 16.5. The van der Waals surface area contributed by atoms with Crippen molar-refractivity contribution in [3.05, 3.63) is 48.4 Å². The van der Waals surface area contributed by atoms with Gasteiger partial charge in [0.15, 0.2) is 0 Å². The number of ether oxygens (including phenoxy) is 1. The Kier molecular flexibility index (Phi) is 4.98. The van der Waals surface area contributed by atoms with Crippen molar-refractivity contribution < 1.29 is 9.53 Å². The third kappa shape index (κ3) is 4.17. The Morgan fingerprint density at radius 3 is 2.80 bits per heavy atom. The van der Waals surface area contributed by atoms with Crippen LogP contribution in [0.3, 0.4) is 0 Å². The Morgan fingerprint density at radius 1 is 1.24 bits per heavy atom. The normalized spacial score (nSPS) is 11.1. The standard InChI is InChI=1S/C17H18N6O2/c1-3-25-16(24)12-23-11-13(4-5-15-9-18-6-7-19-15)17(21-23)14-8-20-22(2)10-14/h4-11H,3,12H2,1-2H3/b5-4+. The summed E-state index contributed by atoms with van der Waals surface area (Å²) in [4.78, 5) is 20.0. The van der Waals surface area contributed by atoms with Gasteiger partial charge in [-0.25, -0.2) is 0 Å². The molecule has 3 rings (SSSR count). The largest absolute Gasteiger partial charge is 0.465 e. The van der Waals surface area contributed by atoms with Crippen LogP contribution < -0.4 is 0 Å². The van der Waals surface area contributed by atoms with Crippen LogP contribution in [0.25, 0.3) is 23.4 Å². The number of carbonyl (C=O) groups excluding carboxylic acids is 1. The van der Waals surface area contributed by atoms with E-state index in [2.05, 4.69) is 20.2 Å². The predicted octanol–water partition coefficient (Wildman–Crippen LogP) is 1.81. The molecule has 0 aliphatic heterocycles. The topological polar surface area (TPSA) is 87.7 Å². The highest BCUT2D eigenvalue weighted by Crippen LogP contribution is 2.23. The number of rotatable bonds is 6. The van der Waals surface area contributed by atoms with E-state index in [0.29, 0.717) is 6.61 Å². The molecule has 0 bridgehead atoms. The van der Waals surface area contributed by atoms with Gasteiger partial charge in [0.2, 0.25) is 0 Å². The van der Waals surface area contributed by atoms with Crippen LogP contribution >= 0.6 is 0 Å². The van der Waals surface area contributed by atoms with E-state index in [9.17, 15) is 4.79 Å². The molecule has 0 aliphatic rings. The van der Waals surface area contributed by atoms with Crippen LogP contribution in [0.4, 0.5) is 0 Å². The average molecular weight is 338 g/mol.